The maximum Gasteiger partial charge on any atom is 0.418 e. The van der Waals surface area contributed by atoms with Gasteiger partial charge in [0, 0.05) is 51.3 Å². The van der Waals surface area contributed by atoms with Crippen molar-refractivity contribution >= 4 is 29.6 Å². The van der Waals surface area contributed by atoms with E-state index in [9.17, 15) is 32.3 Å². The number of urea groups is 1. The molecule has 0 aliphatic carbocycles. The van der Waals surface area contributed by atoms with E-state index in [2.05, 4.69) is 0 Å². The van der Waals surface area contributed by atoms with Crippen molar-refractivity contribution in [2.45, 2.75) is 44.7 Å². The van der Waals surface area contributed by atoms with Gasteiger partial charge in [-0.3, -0.25) is 19.8 Å². The van der Waals surface area contributed by atoms with E-state index in [0.717, 1.165) is 55.5 Å². The molecule has 3 aliphatic heterocycles. The van der Waals surface area contributed by atoms with Crippen molar-refractivity contribution in [1.29, 1.82) is 0 Å². The maximum atomic E-state index is 13.7. The summed E-state index contributed by atoms with van der Waals surface area (Å²) >= 11 is 0. The normalized spacial score (nSPS) is 19.2. The molecule has 3 saturated heterocycles. The third-order valence-corrected chi connectivity index (χ3v) is 7.22. The third kappa shape index (κ3) is 7.40. The minimum atomic E-state index is -4.75. The van der Waals surface area contributed by atoms with Crippen LogP contribution in [0, 0.1) is 5.92 Å². The van der Waals surface area contributed by atoms with Crippen molar-refractivity contribution in [1.82, 2.24) is 15.1 Å². The molecular formula is C26H33F3N4O6. The zero-order chi connectivity index (χ0) is 28.0. The molecule has 0 radical (unpaired) electrons. The number of anilines is 1. The number of alkyl halides is 3. The standard InChI is InChI=1S/C26H33F3N4O6/c27-26(28,29)20-5-4-19(16-21(20)33-13-8-22(34)30-24(33)36)23(35)31-11-6-18(7-12-31)17-38-14-15-39-25(37)32-9-2-1-3-10-32/h4-5,16,18H,1-3,6-15,17H2,(H,30,34,36). The van der Waals surface area contributed by atoms with Gasteiger partial charge in [0.05, 0.1) is 17.9 Å². The van der Waals surface area contributed by atoms with Gasteiger partial charge in [-0.25, -0.2) is 9.59 Å². The highest BCUT2D eigenvalue weighted by molar-refractivity contribution is 6.06. The van der Waals surface area contributed by atoms with E-state index in [1.54, 1.807) is 9.80 Å². The Labute approximate surface area is 224 Å². The largest absolute Gasteiger partial charge is 0.447 e. The second-order valence-corrected chi connectivity index (χ2v) is 9.96. The number of nitrogens with one attached hydrogen (secondary N) is 1. The van der Waals surface area contributed by atoms with Gasteiger partial charge >= 0.3 is 18.3 Å². The summed E-state index contributed by atoms with van der Waals surface area (Å²) in [5, 5.41) is 2.02. The fourth-order valence-electron chi connectivity index (χ4n) is 5.01. The number of halogens is 3. The summed E-state index contributed by atoms with van der Waals surface area (Å²) in [5.74, 6) is -0.797. The Hall–Kier alpha value is -3.35. The molecule has 4 rings (SSSR count). The van der Waals surface area contributed by atoms with Gasteiger partial charge in [0.1, 0.15) is 6.61 Å². The van der Waals surface area contributed by atoms with E-state index in [1.807, 2.05) is 5.32 Å². The number of ether oxygens (including phenoxy) is 2. The Morgan fingerprint density at radius 3 is 2.33 bits per heavy atom. The number of carbonyl (C=O) groups excluding carboxylic acids is 4. The summed E-state index contributed by atoms with van der Waals surface area (Å²) in [5.41, 5.74) is -1.48. The first-order valence-electron chi connectivity index (χ1n) is 13.2. The predicted octanol–water partition coefficient (Wildman–Crippen LogP) is 3.64. The van der Waals surface area contributed by atoms with Crippen LogP contribution < -0.4 is 10.2 Å². The molecule has 0 spiro atoms. The molecule has 0 bridgehead atoms. The lowest BCUT2D eigenvalue weighted by molar-refractivity contribution is -0.137. The second kappa shape index (κ2) is 12.7. The molecule has 10 nitrogen and oxygen atoms in total. The first-order chi connectivity index (χ1) is 18.6. The zero-order valence-corrected chi connectivity index (χ0v) is 21.6. The van der Waals surface area contributed by atoms with Crippen LogP contribution in [0.1, 0.15) is 54.4 Å². The fourth-order valence-corrected chi connectivity index (χ4v) is 5.01. The van der Waals surface area contributed by atoms with Crippen molar-refractivity contribution in [2.24, 2.45) is 5.92 Å². The Balaban J connectivity index is 1.26. The second-order valence-electron chi connectivity index (χ2n) is 9.96. The molecule has 5 amide bonds. The number of likely N-dealkylation sites (tertiary alicyclic amines) is 2. The molecule has 0 atom stereocenters. The molecule has 3 fully saturated rings. The fraction of sp³-hybridized carbons (Fsp3) is 0.615. The van der Waals surface area contributed by atoms with Crippen LogP contribution in [0.3, 0.4) is 0 Å². The van der Waals surface area contributed by atoms with Crippen LogP contribution in [-0.4, -0.2) is 86.3 Å². The number of amides is 5. The molecule has 1 aromatic carbocycles. The first-order valence-corrected chi connectivity index (χ1v) is 13.2. The van der Waals surface area contributed by atoms with Gasteiger partial charge in [0.15, 0.2) is 0 Å². The van der Waals surface area contributed by atoms with Crippen LogP contribution in [-0.2, 0) is 20.4 Å². The van der Waals surface area contributed by atoms with Crippen molar-refractivity contribution in [2.75, 3.05) is 57.4 Å². The van der Waals surface area contributed by atoms with E-state index < -0.39 is 35.3 Å². The Morgan fingerprint density at radius 1 is 0.949 bits per heavy atom. The molecule has 39 heavy (non-hydrogen) atoms. The molecule has 0 aromatic heterocycles. The van der Waals surface area contributed by atoms with Gasteiger partial charge in [-0.2, -0.15) is 13.2 Å². The number of nitrogens with zero attached hydrogens (tertiary/aromatic N) is 3. The van der Waals surface area contributed by atoms with Gasteiger partial charge in [-0.05, 0) is 56.2 Å². The van der Waals surface area contributed by atoms with Crippen molar-refractivity contribution in [3.05, 3.63) is 29.3 Å². The summed E-state index contributed by atoms with van der Waals surface area (Å²) in [6, 6.07) is 2.02. The predicted molar refractivity (Wildman–Crippen MR) is 133 cm³/mol. The summed E-state index contributed by atoms with van der Waals surface area (Å²) in [6.07, 6.45) is -0.780. The molecule has 1 N–H and O–H groups in total. The maximum absolute atomic E-state index is 13.7. The molecule has 1 aromatic rings. The van der Waals surface area contributed by atoms with Gasteiger partial charge in [0.2, 0.25) is 5.91 Å². The highest BCUT2D eigenvalue weighted by Gasteiger charge is 2.38. The monoisotopic (exact) mass is 554 g/mol. The number of imide groups is 1. The third-order valence-electron chi connectivity index (χ3n) is 7.22. The number of hydrogen-bond donors (Lipinski definition) is 1. The number of piperidine rings is 2. The SMILES string of the molecule is O=C1CCN(c2cc(C(=O)N3CCC(COCCOC(=O)N4CCCCC4)CC3)ccc2C(F)(F)F)C(=O)N1. The molecule has 3 aliphatic rings. The van der Waals surface area contributed by atoms with Crippen molar-refractivity contribution in [3.63, 3.8) is 0 Å². The highest BCUT2D eigenvalue weighted by Crippen LogP contribution is 2.38. The number of carbonyl (C=O) groups is 4. The lowest BCUT2D eigenvalue weighted by Gasteiger charge is -2.33. The van der Waals surface area contributed by atoms with E-state index in [4.69, 9.17) is 9.47 Å². The minimum absolute atomic E-state index is 0.0351. The van der Waals surface area contributed by atoms with E-state index in [-0.39, 0.29) is 43.8 Å². The molecule has 0 unspecified atom stereocenters. The van der Waals surface area contributed by atoms with Crippen molar-refractivity contribution in [3.8, 4) is 0 Å². The average Bonchev–Trinajstić information content (AvgIpc) is 2.92. The Kier molecular flexibility index (Phi) is 9.31. The smallest absolute Gasteiger partial charge is 0.418 e. The van der Waals surface area contributed by atoms with E-state index in [1.165, 1.54) is 0 Å². The Bertz CT molecular complexity index is 1070. The van der Waals surface area contributed by atoms with Gasteiger partial charge < -0.3 is 19.3 Å². The topological polar surface area (TPSA) is 108 Å². The van der Waals surface area contributed by atoms with E-state index in [0.29, 0.717) is 32.5 Å². The number of benzene rings is 1. The molecule has 0 saturated carbocycles. The van der Waals surface area contributed by atoms with Crippen LogP contribution in [0.25, 0.3) is 0 Å². The highest BCUT2D eigenvalue weighted by atomic mass is 19.4. The molecule has 3 heterocycles. The summed E-state index contributed by atoms with van der Waals surface area (Å²) in [7, 11) is 0. The first kappa shape index (κ1) is 28.7. The summed E-state index contributed by atoms with van der Waals surface area (Å²) in [6.45, 7) is 2.95. The lowest BCUT2D eigenvalue weighted by atomic mass is 9.97. The van der Waals surface area contributed by atoms with Gasteiger partial charge in [-0.15, -0.1) is 0 Å². The molecule has 13 heteroatoms. The van der Waals surface area contributed by atoms with Gasteiger partial charge in [-0.1, -0.05) is 0 Å². The van der Waals surface area contributed by atoms with Crippen LogP contribution in [0.15, 0.2) is 18.2 Å². The Morgan fingerprint density at radius 2 is 1.67 bits per heavy atom. The van der Waals surface area contributed by atoms with Crippen LogP contribution in [0.4, 0.5) is 28.4 Å². The molecular weight excluding hydrogens is 521 g/mol. The summed E-state index contributed by atoms with van der Waals surface area (Å²) in [4.78, 5) is 52.9. The van der Waals surface area contributed by atoms with Gasteiger partial charge in [0.25, 0.3) is 5.91 Å². The van der Waals surface area contributed by atoms with Crippen LogP contribution in [0.5, 0.6) is 0 Å². The minimum Gasteiger partial charge on any atom is -0.447 e. The molecule has 214 valence electrons. The van der Waals surface area contributed by atoms with E-state index >= 15 is 0 Å². The lowest BCUT2D eigenvalue weighted by Crippen LogP contribution is -2.50. The zero-order valence-electron chi connectivity index (χ0n) is 21.6. The quantitative estimate of drug-likeness (QED) is 0.516. The number of rotatable bonds is 7. The van der Waals surface area contributed by atoms with Crippen LogP contribution >= 0.6 is 0 Å². The number of hydrogen-bond acceptors (Lipinski definition) is 6. The van der Waals surface area contributed by atoms with Crippen molar-refractivity contribution < 1.29 is 41.8 Å². The average molecular weight is 555 g/mol. The summed E-state index contributed by atoms with van der Waals surface area (Å²) < 4.78 is 51.9. The van der Waals surface area contributed by atoms with Crippen LogP contribution in [0.2, 0.25) is 0 Å².